The smallest absolute Gasteiger partial charge is 0.369 e. The van der Waals surface area contributed by atoms with Gasteiger partial charge >= 0.3 is 6.18 Å². The lowest BCUT2D eigenvalue weighted by atomic mass is 9.78. The Balaban J connectivity index is 1.79. The number of anilines is 1. The second-order valence-corrected chi connectivity index (χ2v) is 6.28. The average molecular weight is 299 g/mol. The number of aromatic nitrogens is 1. The summed E-state index contributed by atoms with van der Waals surface area (Å²) < 4.78 is 38.0. The van der Waals surface area contributed by atoms with Gasteiger partial charge in [-0.3, -0.25) is 0 Å². The lowest BCUT2D eigenvalue weighted by Gasteiger charge is -2.34. The highest BCUT2D eigenvalue weighted by Crippen LogP contribution is 2.41. The molecule has 2 fully saturated rings. The molecule has 0 unspecified atom stereocenters. The van der Waals surface area contributed by atoms with E-state index in [2.05, 4.69) is 15.2 Å². The van der Waals surface area contributed by atoms with Gasteiger partial charge in [0.15, 0.2) is 0 Å². The quantitative estimate of drug-likeness (QED) is 0.864. The Kier molecular flexibility index (Phi) is 3.59. The summed E-state index contributed by atoms with van der Waals surface area (Å²) in [7, 11) is 0. The normalized spacial score (nSPS) is 22.0. The minimum atomic E-state index is -4.37. The molecule has 21 heavy (non-hydrogen) atoms. The van der Waals surface area contributed by atoms with Crippen LogP contribution < -0.4 is 10.2 Å². The summed E-state index contributed by atoms with van der Waals surface area (Å²) in [5.41, 5.74) is 1.03. The zero-order valence-corrected chi connectivity index (χ0v) is 12.1. The molecule has 6 heteroatoms. The van der Waals surface area contributed by atoms with Crippen LogP contribution in [0.1, 0.15) is 30.5 Å². The standard InChI is InChI=1S/C15H20F3N3/c1-11-8-13(15(16,17)18)20-9-12(11)21-7-4-14(10-21)2-5-19-6-3-14/h8-9,19H,2-7,10H2,1H3. The molecule has 0 radical (unpaired) electrons. The Morgan fingerprint density at radius 3 is 2.57 bits per heavy atom. The Hall–Kier alpha value is -1.30. The average Bonchev–Trinajstić information content (AvgIpc) is 2.82. The molecular weight excluding hydrogens is 279 g/mol. The van der Waals surface area contributed by atoms with E-state index in [-0.39, 0.29) is 0 Å². The SMILES string of the molecule is Cc1cc(C(F)(F)F)ncc1N1CCC2(CCNCC2)C1. The lowest BCUT2D eigenvalue weighted by molar-refractivity contribution is -0.141. The predicted molar refractivity (Wildman–Crippen MR) is 75.3 cm³/mol. The predicted octanol–water partition coefficient (Wildman–Crippen LogP) is 2.99. The van der Waals surface area contributed by atoms with Crippen LogP contribution in [0, 0.1) is 12.3 Å². The first-order valence-electron chi connectivity index (χ1n) is 7.39. The molecule has 3 rings (SSSR count). The van der Waals surface area contributed by atoms with Crippen molar-refractivity contribution in [3.05, 3.63) is 23.5 Å². The van der Waals surface area contributed by atoms with Gasteiger partial charge in [-0.1, -0.05) is 0 Å². The van der Waals surface area contributed by atoms with E-state index in [4.69, 9.17) is 0 Å². The molecule has 0 saturated carbocycles. The summed E-state index contributed by atoms with van der Waals surface area (Å²) in [6.45, 7) is 5.66. The molecule has 1 N–H and O–H groups in total. The van der Waals surface area contributed by atoms with Crippen molar-refractivity contribution in [1.82, 2.24) is 10.3 Å². The number of halogens is 3. The van der Waals surface area contributed by atoms with Crippen LogP contribution in [-0.2, 0) is 6.18 Å². The number of piperidine rings is 1. The van der Waals surface area contributed by atoms with Crippen molar-refractivity contribution in [2.75, 3.05) is 31.1 Å². The van der Waals surface area contributed by atoms with Gasteiger partial charge in [-0.15, -0.1) is 0 Å². The van der Waals surface area contributed by atoms with Crippen molar-refractivity contribution < 1.29 is 13.2 Å². The van der Waals surface area contributed by atoms with Crippen LogP contribution in [0.2, 0.25) is 0 Å². The third kappa shape index (κ3) is 2.86. The highest BCUT2D eigenvalue weighted by atomic mass is 19.4. The van der Waals surface area contributed by atoms with E-state index >= 15 is 0 Å². The number of hydrogen-bond donors (Lipinski definition) is 1. The van der Waals surface area contributed by atoms with Crippen molar-refractivity contribution in [3.63, 3.8) is 0 Å². The first kappa shape index (κ1) is 14.6. The molecule has 0 aromatic carbocycles. The van der Waals surface area contributed by atoms with Gasteiger partial charge in [-0.2, -0.15) is 13.2 Å². The second-order valence-electron chi connectivity index (χ2n) is 6.28. The molecule has 1 aromatic rings. The van der Waals surface area contributed by atoms with Gasteiger partial charge in [-0.25, -0.2) is 4.98 Å². The minimum Gasteiger partial charge on any atom is -0.369 e. The highest BCUT2D eigenvalue weighted by Gasteiger charge is 2.40. The minimum absolute atomic E-state index is 0.334. The molecule has 1 aromatic heterocycles. The summed E-state index contributed by atoms with van der Waals surface area (Å²) >= 11 is 0. The van der Waals surface area contributed by atoms with E-state index in [1.54, 1.807) is 6.92 Å². The molecule has 2 saturated heterocycles. The summed E-state index contributed by atoms with van der Waals surface area (Å²) in [6.07, 6.45) is 0.436. The van der Waals surface area contributed by atoms with Gasteiger partial charge < -0.3 is 10.2 Å². The van der Waals surface area contributed by atoms with Gasteiger partial charge in [0.1, 0.15) is 5.69 Å². The van der Waals surface area contributed by atoms with Crippen molar-refractivity contribution in [2.24, 2.45) is 5.41 Å². The van der Waals surface area contributed by atoms with Crippen molar-refractivity contribution in [3.8, 4) is 0 Å². The zero-order valence-electron chi connectivity index (χ0n) is 12.1. The molecule has 3 heterocycles. The van der Waals surface area contributed by atoms with Gasteiger partial charge in [0.05, 0.1) is 11.9 Å². The fraction of sp³-hybridized carbons (Fsp3) is 0.667. The van der Waals surface area contributed by atoms with Crippen LogP contribution in [0.25, 0.3) is 0 Å². The van der Waals surface area contributed by atoms with Crippen LogP contribution in [0.3, 0.4) is 0 Å². The molecule has 116 valence electrons. The van der Waals surface area contributed by atoms with Crippen molar-refractivity contribution in [2.45, 2.75) is 32.4 Å². The first-order chi connectivity index (χ1) is 9.90. The summed E-state index contributed by atoms with van der Waals surface area (Å²) in [6, 6.07) is 1.16. The monoisotopic (exact) mass is 299 g/mol. The van der Waals surface area contributed by atoms with E-state index in [1.165, 1.54) is 6.20 Å². The van der Waals surface area contributed by atoms with Crippen LogP contribution in [0.15, 0.2) is 12.3 Å². The van der Waals surface area contributed by atoms with Crippen LogP contribution in [-0.4, -0.2) is 31.2 Å². The van der Waals surface area contributed by atoms with Crippen LogP contribution >= 0.6 is 0 Å². The van der Waals surface area contributed by atoms with Gasteiger partial charge in [0, 0.05) is 13.1 Å². The Morgan fingerprint density at radius 1 is 1.24 bits per heavy atom. The largest absolute Gasteiger partial charge is 0.433 e. The molecule has 0 aliphatic carbocycles. The van der Waals surface area contributed by atoms with E-state index < -0.39 is 11.9 Å². The number of rotatable bonds is 1. The van der Waals surface area contributed by atoms with E-state index in [9.17, 15) is 13.2 Å². The summed E-state index contributed by atoms with van der Waals surface area (Å²) in [5.74, 6) is 0. The Labute approximate surface area is 122 Å². The second kappa shape index (κ2) is 5.16. The number of aryl methyl sites for hydroxylation is 1. The molecule has 2 aliphatic heterocycles. The van der Waals surface area contributed by atoms with E-state index in [0.29, 0.717) is 11.0 Å². The fourth-order valence-corrected chi connectivity index (χ4v) is 3.54. The summed E-state index contributed by atoms with van der Waals surface area (Å²) in [5, 5.41) is 3.37. The zero-order chi connectivity index (χ0) is 15.1. The first-order valence-corrected chi connectivity index (χ1v) is 7.39. The van der Waals surface area contributed by atoms with E-state index in [0.717, 1.165) is 57.2 Å². The van der Waals surface area contributed by atoms with Gasteiger partial charge in [-0.05, 0) is 56.3 Å². The van der Waals surface area contributed by atoms with Crippen LogP contribution in [0.4, 0.5) is 18.9 Å². The van der Waals surface area contributed by atoms with Gasteiger partial charge in [0.2, 0.25) is 0 Å². The number of hydrogen-bond acceptors (Lipinski definition) is 3. The maximum absolute atomic E-state index is 12.7. The highest BCUT2D eigenvalue weighted by molar-refractivity contribution is 5.53. The molecule has 1 spiro atoms. The third-order valence-electron chi connectivity index (χ3n) is 4.82. The van der Waals surface area contributed by atoms with Gasteiger partial charge in [0.25, 0.3) is 0 Å². The van der Waals surface area contributed by atoms with E-state index in [1.807, 2.05) is 0 Å². The molecule has 3 nitrogen and oxygen atoms in total. The molecule has 0 amide bonds. The number of pyridine rings is 1. The number of alkyl halides is 3. The van der Waals surface area contributed by atoms with Crippen molar-refractivity contribution in [1.29, 1.82) is 0 Å². The molecule has 0 bridgehead atoms. The maximum Gasteiger partial charge on any atom is 0.433 e. The third-order valence-corrected chi connectivity index (χ3v) is 4.82. The Morgan fingerprint density at radius 2 is 1.95 bits per heavy atom. The number of nitrogens with zero attached hydrogens (tertiary/aromatic N) is 2. The number of nitrogens with one attached hydrogen (secondary N) is 1. The van der Waals surface area contributed by atoms with Crippen LogP contribution in [0.5, 0.6) is 0 Å². The topological polar surface area (TPSA) is 28.2 Å². The lowest BCUT2D eigenvalue weighted by Crippen LogP contribution is -2.38. The fourth-order valence-electron chi connectivity index (χ4n) is 3.54. The summed E-state index contributed by atoms with van der Waals surface area (Å²) in [4.78, 5) is 5.81. The molecule has 2 aliphatic rings. The Bertz CT molecular complexity index is 521. The molecular formula is C15H20F3N3. The maximum atomic E-state index is 12.7. The van der Waals surface area contributed by atoms with Crippen molar-refractivity contribution >= 4 is 5.69 Å². The molecule has 0 atom stereocenters.